The number of hydrogen-bond acceptors (Lipinski definition) is 5. The minimum Gasteiger partial charge on any atom is -0.497 e. The summed E-state index contributed by atoms with van der Waals surface area (Å²) in [5, 5.41) is 2.60. The van der Waals surface area contributed by atoms with E-state index in [2.05, 4.69) is 10.3 Å². The molecule has 0 aliphatic rings. The highest BCUT2D eigenvalue weighted by Gasteiger charge is 2.19. The molecule has 1 heterocycles. The fraction of sp³-hybridized carbons (Fsp3) is 0.350. The lowest BCUT2D eigenvalue weighted by Crippen LogP contribution is -2.44. The van der Waals surface area contributed by atoms with Crippen LogP contribution in [0.4, 0.5) is 0 Å². The number of aromatic nitrogens is 1. The van der Waals surface area contributed by atoms with E-state index in [4.69, 9.17) is 9.47 Å². The van der Waals surface area contributed by atoms with Gasteiger partial charge in [-0.2, -0.15) is 0 Å². The van der Waals surface area contributed by atoms with Crippen molar-refractivity contribution in [2.45, 2.75) is 13.3 Å². The van der Waals surface area contributed by atoms with Gasteiger partial charge in [0, 0.05) is 25.5 Å². The number of carbonyl (C=O) groups is 2. The van der Waals surface area contributed by atoms with Crippen LogP contribution >= 0.6 is 0 Å². The van der Waals surface area contributed by atoms with Gasteiger partial charge in [-0.25, -0.2) is 0 Å². The van der Waals surface area contributed by atoms with Gasteiger partial charge >= 0.3 is 11.8 Å². The quantitative estimate of drug-likeness (QED) is 0.536. The van der Waals surface area contributed by atoms with Crippen molar-refractivity contribution in [1.82, 2.24) is 15.2 Å². The van der Waals surface area contributed by atoms with Gasteiger partial charge in [-0.05, 0) is 55.3 Å². The summed E-state index contributed by atoms with van der Waals surface area (Å²) in [5.74, 6) is 0.262. The lowest BCUT2D eigenvalue weighted by Gasteiger charge is -2.20. The van der Waals surface area contributed by atoms with Gasteiger partial charge in [0.05, 0.1) is 13.7 Å². The standard InChI is InChI=1S/C20H25N3O4/c1-3-23(14-10-16-8-11-21-12-9-16)20(25)19(24)22-13-15-27-18-6-4-17(26-2)5-7-18/h4-9,11-12H,3,10,13-15H2,1-2H3,(H,22,24). The summed E-state index contributed by atoms with van der Waals surface area (Å²) in [6.07, 6.45) is 4.10. The lowest BCUT2D eigenvalue weighted by molar-refractivity contribution is -0.145. The highest BCUT2D eigenvalue weighted by atomic mass is 16.5. The van der Waals surface area contributed by atoms with E-state index in [0.29, 0.717) is 25.3 Å². The number of methoxy groups -OCH3 is 1. The van der Waals surface area contributed by atoms with Gasteiger partial charge in [0.15, 0.2) is 0 Å². The molecular formula is C20H25N3O4. The Labute approximate surface area is 159 Å². The molecule has 0 atom stereocenters. The molecule has 27 heavy (non-hydrogen) atoms. The fourth-order valence-corrected chi connectivity index (χ4v) is 2.44. The topological polar surface area (TPSA) is 80.8 Å². The first-order valence-corrected chi connectivity index (χ1v) is 8.87. The number of ether oxygens (including phenoxy) is 2. The molecule has 2 rings (SSSR count). The molecule has 1 aromatic heterocycles. The first kappa shape index (κ1) is 20.2. The van der Waals surface area contributed by atoms with Crippen molar-refractivity contribution in [3.63, 3.8) is 0 Å². The molecule has 1 aromatic carbocycles. The van der Waals surface area contributed by atoms with Crippen molar-refractivity contribution in [3.8, 4) is 11.5 Å². The smallest absolute Gasteiger partial charge is 0.311 e. The minimum absolute atomic E-state index is 0.249. The SMILES string of the molecule is CCN(CCc1ccncc1)C(=O)C(=O)NCCOc1ccc(OC)cc1. The summed E-state index contributed by atoms with van der Waals surface area (Å²) in [6, 6.07) is 10.9. The van der Waals surface area contributed by atoms with Crippen LogP contribution in [0.5, 0.6) is 11.5 Å². The Morgan fingerprint density at radius 3 is 2.37 bits per heavy atom. The second kappa shape index (κ2) is 10.8. The molecule has 0 unspecified atom stereocenters. The lowest BCUT2D eigenvalue weighted by atomic mass is 10.2. The monoisotopic (exact) mass is 371 g/mol. The number of carbonyl (C=O) groups excluding carboxylic acids is 2. The van der Waals surface area contributed by atoms with Crippen LogP contribution in [0, 0.1) is 0 Å². The molecule has 0 fully saturated rings. The molecule has 0 radical (unpaired) electrons. The van der Waals surface area contributed by atoms with E-state index < -0.39 is 11.8 Å². The number of pyridine rings is 1. The molecule has 7 nitrogen and oxygen atoms in total. The molecule has 2 aromatic rings. The van der Waals surface area contributed by atoms with Gasteiger partial charge in [-0.15, -0.1) is 0 Å². The Kier molecular flexibility index (Phi) is 8.09. The number of nitrogens with zero attached hydrogens (tertiary/aromatic N) is 2. The summed E-state index contributed by atoms with van der Waals surface area (Å²) >= 11 is 0. The van der Waals surface area contributed by atoms with E-state index in [1.165, 1.54) is 4.90 Å². The van der Waals surface area contributed by atoms with Crippen LogP contribution < -0.4 is 14.8 Å². The van der Waals surface area contributed by atoms with Crippen LogP contribution in [0.1, 0.15) is 12.5 Å². The van der Waals surface area contributed by atoms with E-state index in [1.807, 2.05) is 19.1 Å². The minimum atomic E-state index is -0.620. The fourth-order valence-electron chi connectivity index (χ4n) is 2.44. The van der Waals surface area contributed by atoms with Gasteiger partial charge in [-0.3, -0.25) is 14.6 Å². The molecule has 0 aliphatic heterocycles. The predicted octanol–water partition coefficient (Wildman–Crippen LogP) is 1.68. The maximum atomic E-state index is 12.3. The third-order valence-electron chi connectivity index (χ3n) is 4.00. The van der Waals surface area contributed by atoms with Crippen LogP contribution in [-0.4, -0.2) is 55.0 Å². The molecule has 7 heteroatoms. The summed E-state index contributed by atoms with van der Waals surface area (Å²) in [4.78, 5) is 29.8. The normalized spacial score (nSPS) is 10.1. The number of nitrogens with one attached hydrogen (secondary N) is 1. The van der Waals surface area contributed by atoms with Gasteiger partial charge < -0.3 is 19.7 Å². The van der Waals surface area contributed by atoms with Crippen LogP contribution in [-0.2, 0) is 16.0 Å². The summed E-state index contributed by atoms with van der Waals surface area (Å²) < 4.78 is 10.6. The van der Waals surface area contributed by atoms with Crippen molar-refractivity contribution >= 4 is 11.8 Å². The predicted molar refractivity (Wildman–Crippen MR) is 102 cm³/mol. The molecule has 0 bridgehead atoms. The summed E-state index contributed by atoms with van der Waals surface area (Å²) in [7, 11) is 1.60. The zero-order valence-corrected chi connectivity index (χ0v) is 15.7. The van der Waals surface area contributed by atoms with Gasteiger partial charge in [0.1, 0.15) is 18.1 Å². The molecule has 2 amide bonds. The maximum Gasteiger partial charge on any atom is 0.311 e. The van der Waals surface area contributed by atoms with Crippen molar-refractivity contribution in [3.05, 3.63) is 54.4 Å². The third-order valence-corrected chi connectivity index (χ3v) is 4.00. The average molecular weight is 371 g/mol. The first-order chi connectivity index (χ1) is 13.1. The summed E-state index contributed by atoms with van der Waals surface area (Å²) in [6.45, 7) is 3.33. The number of rotatable bonds is 9. The highest BCUT2D eigenvalue weighted by Crippen LogP contribution is 2.16. The molecule has 1 N–H and O–H groups in total. The van der Waals surface area contributed by atoms with Crippen molar-refractivity contribution < 1.29 is 19.1 Å². The van der Waals surface area contributed by atoms with Gasteiger partial charge in [0.2, 0.25) is 0 Å². The van der Waals surface area contributed by atoms with Crippen LogP contribution in [0.2, 0.25) is 0 Å². The van der Waals surface area contributed by atoms with Crippen LogP contribution in [0.3, 0.4) is 0 Å². The number of benzene rings is 1. The van der Waals surface area contributed by atoms with Crippen molar-refractivity contribution in [2.75, 3.05) is 33.4 Å². The molecule has 144 valence electrons. The van der Waals surface area contributed by atoms with Crippen molar-refractivity contribution in [1.29, 1.82) is 0 Å². The Bertz CT molecular complexity index is 720. The number of likely N-dealkylation sites (N-methyl/N-ethyl adjacent to an activating group) is 1. The van der Waals surface area contributed by atoms with E-state index in [0.717, 1.165) is 11.3 Å². The molecule has 0 saturated heterocycles. The van der Waals surface area contributed by atoms with Crippen LogP contribution in [0.25, 0.3) is 0 Å². The molecule has 0 aliphatic carbocycles. The molecule has 0 saturated carbocycles. The third kappa shape index (κ3) is 6.62. The second-order valence-electron chi connectivity index (χ2n) is 5.77. The second-order valence-corrected chi connectivity index (χ2v) is 5.77. The summed E-state index contributed by atoms with van der Waals surface area (Å²) in [5.41, 5.74) is 1.07. The van der Waals surface area contributed by atoms with E-state index in [-0.39, 0.29) is 13.2 Å². The Morgan fingerprint density at radius 1 is 1.07 bits per heavy atom. The zero-order chi connectivity index (χ0) is 19.5. The maximum absolute atomic E-state index is 12.3. The Hall–Kier alpha value is -3.09. The Morgan fingerprint density at radius 2 is 1.74 bits per heavy atom. The number of amides is 2. The zero-order valence-electron chi connectivity index (χ0n) is 15.7. The van der Waals surface area contributed by atoms with Gasteiger partial charge in [-0.1, -0.05) is 0 Å². The van der Waals surface area contributed by atoms with E-state index in [1.54, 1.807) is 43.8 Å². The highest BCUT2D eigenvalue weighted by molar-refractivity contribution is 6.35. The van der Waals surface area contributed by atoms with Crippen LogP contribution in [0.15, 0.2) is 48.8 Å². The molecular weight excluding hydrogens is 346 g/mol. The van der Waals surface area contributed by atoms with E-state index >= 15 is 0 Å². The molecule has 0 spiro atoms. The average Bonchev–Trinajstić information content (AvgIpc) is 2.72. The Balaban J connectivity index is 1.71. The first-order valence-electron chi connectivity index (χ1n) is 8.87. The van der Waals surface area contributed by atoms with E-state index in [9.17, 15) is 9.59 Å². The van der Waals surface area contributed by atoms with Crippen molar-refractivity contribution in [2.24, 2.45) is 0 Å². The van der Waals surface area contributed by atoms with Gasteiger partial charge in [0.25, 0.3) is 0 Å². The largest absolute Gasteiger partial charge is 0.497 e. The number of hydrogen-bond donors (Lipinski definition) is 1.